The fourth-order valence-corrected chi connectivity index (χ4v) is 1.86. The Hall–Kier alpha value is -2.02. The number of nitrogens with two attached hydrogens (primary N) is 1. The van der Waals surface area contributed by atoms with Crippen LogP contribution >= 0.6 is 15.9 Å². The summed E-state index contributed by atoms with van der Waals surface area (Å²) in [5, 5.41) is 5.90. The molecule has 0 aliphatic carbocycles. The zero-order chi connectivity index (χ0) is 13.8. The molecule has 0 aliphatic rings. The van der Waals surface area contributed by atoms with Gasteiger partial charge >= 0.3 is 0 Å². The second-order valence-corrected chi connectivity index (χ2v) is 4.60. The van der Waals surface area contributed by atoms with Gasteiger partial charge in [0.2, 0.25) is 0 Å². The highest BCUT2D eigenvalue weighted by Crippen LogP contribution is 2.26. The number of nitrogens with one attached hydrogen (secondary N) is 2. The molecular weight excluding hydrogens is 312 g/mol. The minimum absolute atomic E-state index is 0.0365. The molecule has 7 heteroatoms. The molecule has 100 valence electrons. The standard InChI is InChI=1S/C12H13BrN4O2/c1-2-15-7-3-4-8(13)9(5-7)16-11(18)10-6-19-12(14)17-10/h3-6,15H,2H2,1H3,(H2,14,17)(H,16,18). The molecule has 0 spiro atoms. The second kappa shape index (κ2) is 5.75. The first-order chi connectivity index (χ1) is 9.10. The number of carbonyl (C=O) groups is 1. The molecule has 0 saturated heterocycles. The third-order valence-corrected chi connectivity index (χ3v) is 3.04. The number of anilines is 3. The molecule has 0 radical (unpaired) electrons. The molecule has 1 amide bonds. The van der Waals surface area contributed by atoms with Crippen LogP contribution in [0.25, 0.3) is 0 Å². The second-order valence-electron chi connectivity index (χ2n) is 3.75. The van der Waals surface area contributed by atoms with Gasteiger partial charge in [-0.3, -0.25) is 4.79 Å². The number of nitrogens with zero attached hydrogens (tertiary/aromatic N) is 1. The van der Waals surface area contributed by atoms with Crippen molar-refractivity contribution in [3.8, 4) is 0 Å². The fraction of sp³-hybridized carbons (Fsp3) is 0.167. The van der Waals surface area contributed by atoms with Crippen molar-refractivity contribution < 1.29 is 9.21 Å². The van der Waals surface area contributed by atoms with Crippen LogP contribution in [-0.2, 0) is 0 Å². The van der Waals surface area contributed by atoms with Crippen LogP contribution < -0.4 is 16.4 Å². The summed E-state index contributed by atoms with van der Waals surface area (Å²) in [6, 6.07) is 5.56. The maximum Gasteiger partial charge on any atom is 0.292 e. The van der Waals surface area contributed by atoms with Gasteiger partial charge in [0.05, 0.1) is 5.69 Å². The maximum atomic E-state index is 11.9. The van der Waals surface area contributed by atoms with Crippen LogP contribution in [0.5, 0.6) is 0 Å². The van der Waals surface area contributed by atoms with E-state index in [1.165, 1.54) is 6.26 Å². The Bertz CT molecular complexity index is 597. The van der Waals surface area contributed by atoms with Gasteiger partial charge in [-0.2, -0.15) is 4.98 Å². The Labute approximate surface area is 118 Å². The highest BCUT2D eigenvalue weighted by atomic mass is 79.9. The topological polar surface area (TPSA) is 93.2 Å². The average molecular weight is 325 g/mol. The number of hydrogen-bond acceptors (Lipinski definition) is 5. The predicted octanol–water partition coefficient (Wildman–Crippen LogP) is 2.70. The van der Waals surface area contributed by atoms with Crippen LogP contribution in [0.15, 0.2) is 33.4 Å². The molecule has 6 nitrogen and oxygen atoms in total. The van der Waals surface area contributed by atoms with Crippen molar-refractivity contribution in [2.24, 2.45) is 0 Å². The first-order valence-corrected chi connectivity index (χ1v) is 6.45. The minimum Gasteiger partial charge on any atom is -0.431 e. The first-order valence-electron chi connectivity index (χ1n) is 5.66. The van der Waals surface area contributed by atoms with E-state index in [9.17, 15) is 4.79 Å². The van der Waals surface area contributed by atoms with Gasteiger partial charge in [0.15, 0.2) is 5.69 Å². The zero-order valence-electron chi connectivity index (χ0n) is 10.2. The lowest BCUT2D eigenvalue weighted by atomic mass is 10.2. The number of carbonyl (C=O) groups excluding carboxylic acids is 1. The molecule has 1 aromatic heterocycles. The highest BCUT2D eigenvalue weighted by molar-refractivity contribution is 9.10. The third-order valence-electron chi connectivity index (χ3n) is 2.35. The van der Waals surface area contributed by atoms with E-state index >= 15 is 0 Å². The fourth-order valence-electron chi connectivity index (χ4n) is 1.51. The van der Waals surface area contributed by atoms with Crippen LogP contribution in [0, 0.1) is 0 Å². The van der Waals surface area contributed by atoms with Crippen molar-refractivity contribution in [1.29, 1.82) is 0 Å². The summed E-state index contributed by atoms with van der Waals surface area (Å²) in [4.78, 5) is 15.7. The first kappa shape index (κ1) is 13.4. The van der Waals surface area contributed by atoms with Crippen LogP contribution in [0.4, 0.5) is 17.4 Å². The molecule has 0 fully saturated rings. The van der Waals surface area contributed by atoms with Gasteiger partial charge in [-0.15, -0.1) is 0 Å². The lowest BCUT2D eigenvalue weighted by Gasteiger charge is -2.09. The number of rotatable bonds is 4. The van der Waals surface area contributed by atoms with E-state index in [4.69, 9.17) is 10.2 Å². The van der Waals surface area contributed by atoms with E-state index in [0.717, 1.165) is 16.7 Å². The van der Waals surface area contributed by atoms with Crippen molar-refractivity contribution in [2.45, 2.75) is 6.92 Å². The number of nitrogen functional groups attached to an aromatic ring is 1. The summed E-state index contributed by atoms with van der Waals surface area (Å²) in [7, 11) is 0. The van der Waals surface area contributed by atoms with E-state index in [2.05, 4.69) is 31.5 Å². The molecule has 2 rings (SSSR count). The Morgan fingerprint density at radius 3 is 2.95 bits per heavy atom. The SMILES string of the molecule is CCNc1ccc(Br)c(NC(=O)c2coc(N)n2)c1. The summed E-state index contributed by atoms with van der Waals surface area (Å²) in [5.41, 5.74) is 7.02. The number of amides is 1. The molecule has 0 saturated carbocycles. The molecular formula is C12H13BrN4O2. The summed E-state index contributed by atoms with van der Waals surface area (Å²) >= 11 is 3.38. The van der Waals surface area contributed by atoms with Gasteiger partial charge in [-0.05, 0) is 41.1 Å². The molecule has 1 aromatic carbocycles. The van der Waals surface area contributed by atoms with Crippen LogP contribution in [0.1, 0.15) is 17.4 Å². The number of benzene rings is 1. The van der Waals surface area contributed by atoms with Gasteiger partial charge in [0.25, 0.3) is 11.9 Å². The van der Waals surface area contributed by atoms with Crippen molar-refractivity contribution in [3.63, 3.8) is 0 Å². The summed E-state index contributed by atoms with van der Waals surface area (Å²) in [5.74, 6) is -0.380. The normalized spacial score (nSPS) is 10.2. The predicted molar refractivity (Wildman–Crippen MR) is 77.2 cm³/mol. The molecule has 2 aromatic rings. The van der Waals surface area contributed by atoms with E-state index in [1.54, 1.807) is 0 Å². The van der Waals surface area contributed by atoms with Gasteiger partial charge in [0, 0.05) is 16.7 Å². The molecule has 0 atom stereocenters. The highest BCUT2D eigenvalue weighted by Gasteiger charge is 2.12. The lowest BCUT2D eigenvalue weighted by Crippen LogP contribution is -2.13. The molecule has 0 aliphatic heterocycles. The minimum atomic E-state index is -0.380. The maximum absolute atomic E-state index is 11.9. The van der Waals surface area contributed by atoms with Crippen LogP contribution in [0.3, 0.4) is 0 Å². The molecule has 0 bridgehead atoms. The Morgan fingerprint density at radius 2 is 2.32 bits per heavy atom. The van der Waals surface area contributed by atoms with Crippen molar-refractivity contribution in [3.05, 3.63) is 34.6 Å². The van der Waals surface area contributed by atoms with Gasteiger partial charge in [-0.25, -0.2) is 0 Å². The summed E-state index contributed by atoms with van der Waals surface area (Å²) in [6.07, 6.45) is 1.21. The molecule has 4 N–H and O–H groups in total. The van der Waals surface area contributed by atoms with Crippen molar-refractivity contribution in [2.75, 3.05) is 22.9 Å². The number of aromatic nitrogens is 1. The largest absolute Gasteiger partial charge is 0.431 e. The van der Waals surface area contributed by atoms with Gasteiger partial charge < -0.3 is 20.8 Å². The van der Waals surface area contributed by atoms with Crippen molar-refractivity contribution >= 4 is 39.2 Å². The molecule has 19 heavy (non-hydrogen) atoms. The van der Waals surface area contributed by atoms with Crippen LogP contribution in [-0.4, -0.2) is 17.4 Å². The van der Waals surface area contributed by atoms with E-state index in [-0.39, 0.29) is 17.6 Å². The summed E-state index contributed by atoms with van der Waals surface area (Å²) < 4.78 is 5.57. The number of halogens is 1. The summed E-state index contributed by atoms with van der Waals surface area (Å²) in [6.45, 7) is 2.80. The zero-order valence-corrected chi connectivity index (χ0v) is 11.8. The van der Waals surface area contributed by atoms with Crippen LogP contribution in [0.2, 0.25) is 0 Å². The number of oxazole rings is 1. The monoisotopic (exact) mass is 324 g/mol. The number of hydrogen-bond donors (Lipinski definition) is 3. The lowest BCUT2D eigenvalue weighted by molar-refractivity contribution is 0.102. The third kappa shape index (κ3) is 3.25. The quantitative estimate of drug-likeness (QED) is 0.804. The van der Waals surface area contributed by atoms with Gasteiger partial charge in [-0.1, -0.05) is 0 Å². The van der Waals surface area contributed by atoms with E-state index in [0.29, 0.717) is 5.69 Å². The van der Waals surface area contributed by atoms with Gasteiger partial charge in [0.1, 0.15) is 6.26 Å². The Balaban J connectivity index is 2.18. The van der Waals surface area contributed by atoms with Crippen molar-refractivity contribution in [1.82, 2.24) is 4.98 Å². The molecule has 1 heterocycles. The van der Waals surface area contributed by atoms with E-state index in [1.807, 2.05) is 25.1 Å². The average Bonchev–Trinajstić information content (AvgIpc) is 2.80. The Kier molecular flexibility index (Phi) is 4.06. The Morgan fingerprint density at radius 1 is 1.53 bits per heavy atom. The van der Waals surface area contributed by atoms with E-state index < -0.39 is 0 Å². The smallest absolute Gasteiger partial charge is 0.292 e. The molecule has 0 unspecified atom stereocenters.